The van der Waals surface area contributed by atoms with Crippen molar-refractivity contribution < 1.29 is 14.0 Å². The van der Waals surface area contributed by atoms with Crippen LogP contribution in [0.4, 0.5) is 0 Å². The highest BCUT2D eigenvalue weighted by molar-refractivity contribution is 5.87. The van der Waals surface area contributed by atoms with Crippen LogP contribution >= 0.6 is 0 Å². The Labute approximate surface area is 134 Å². The average Bonchev–Trinajstić information content (AvgIpc) is 3.13. The van der Waals surface area contributed by atoms with Gasteiger partial charge >= 0.3 is 0 Å². The third-order valence-corrected chi connectivity index (χ3v) is 5.28. The summed E-state index contributed by atoms with van der Waals surface area (Å²) < 4.78 is 5.51. The van der Waals surface area contributed by atoms with Gasteiger partial charge in [-0.05, 0) is 24.3 Å². The van der Waals surface area contributed by atoms with E-state index < -0.39 is 0 Å². The normalized spacial score (nSPS) is 20.2. The number of benzene rings is 1. The number of piperidine rings is 1. The van der Waals surface area contributed by atoms with Crippen LogP contribution in [0.2, 0.25) is 0 Å². The maximum atomic E-state index is 12.6. The van der Waals surface area contributed by atoms with Gasteiger partial charge in [-0.1, -0.05) is 18.2 Å². The second kappa shape index (κ2) is 5.41. The summed E-state index contributed by atoms with van der Waals surface area (Å²) in [5.41, 5.74) is 1.85. The molecule has 0 unspecified atom stereocenters. The smallest absolute Gasteiger partial charge is 0.227 e. The molecule has 5 heteroatoms. The number of hydrogen-bond acceptors (Lipinski definition) is 3. The lowest BCUT2D eigenvalue weighted by atomic mass is 9.77. The van der Waals surface area contributed by atoms with E-state index in [1.807, 2.05) is 29.2 Å². The van der Waals surface area contributed by atoms with E-state index in [0.717, 1.165) is 49.0 Å². The summed E-state index contributed by atoms with van der Waals surface area (Å²) in [7, 11) is 0. The summed E-state index contributed by atoms with van der Waals surface area (Å²) in [5.74, 6) is 0.290. The number of carbonyl (C=O) groups excluding carboxylic acids is 2. The Bertz CT molecular complexity index is 756. The molecule has 1 aromatic carbocycles. The maximum Gasteiger partial charge on any atom is 0.227 e. The molecule has 2 aliphatic rings. The van der Waals surface area contributed by atoms with Gasteiger partial charge in [0, 0.05) is 37.0 Å². The summed E-state index contributed by atoms with van der Waals surface area (Å²) in [5, 5.41) is 3.94. The monoisotopic (exact) mass is 312 g/mol. The number of nitrogens with zero attached hydrogens (tertiary/aromatic N) is 1. The van der Waals surface area contributed by atoms with E-state index in [9.17, 15) is 9.59 Å². The Morgan fingerprint density at radius 1 is 1.26 bits per heavy atom. The van der Waals surface area contributed by atoms with Crippen molar-refractivity contribution in [2.45, 2.75) is 25.7 Å². The number of fused-ring (bicyclic) bond motifs is 1. The van der Waals surface area contributed by atoms with Gasteiger partial charge < -0.3 is 14.6 Å². The zero-order valence-corrected chi connectivity index (χ0v) is 13.0. The van der Waals surface area contributed by atoms with Gasteiger partial charge in [0.25, 0.3) is 0 Å². The van der Waals surface area contributed by atoms with Crippen LogP contribution in [-0.4, -0.2) is 36.3 Å². The minimum absolute atomic E-state index is 0.0796. The highest BCUT2D eigenvalue weighted by Gasteiger charge is 2.41. The van der Waals surface area contributed by atoms with Crippen molar-refractivity contribution in [2.75, 3.05) is 19.6 Å². The number of furan rings is 1. The summed E-state index contributed by atoms with van der Waals surface area (Å²) >= 11 is 0. The quantitative estimate of drug-likeness (QED) is 0.924. The predicted molar refractivity (Wildman–Crippen MR) is 85.8 cm³/mol. The molecule has 2 aliphatic heterocycles. The maximum absolute atomic E-state index is 12.6. The van der Waals surface area contributed by atoms with Gasteiger partial charge in [-0.15, -0.1) is 0 Å². The average molecular weight is 312 g/mol. The summed E-state index contributed by atoms with van der Waals surface area (Å²) in [4.78, 5) is 26.0. The summed E-state index contributed by atoms with van der Waals surface area (Å²) in [6, 6.07) is 7.79. The van der Waals surface area contributed by atoms with E-state index in [2.05, 4.69) is 5.32 Å². The number of nitrogens with one attached hydrogen (secondary N) is 1. The van der Waals surface area contributed by atoms with Gasteiger partial charge in [0.05, 0.1) is 12.7 Å². The summed E-state index contributed by atoms with van der Waals surface area (Å²) in [6.07, 6.45) is 4.49. The molecule has 120 valence electrons. The lowest BCUT2D eigenvalue weighted by molar-refractivity contribution is -0.132. The molecular formula is C18H20N2O3. The van der Waals surface area contributed by atoms with Gasteiger partial charge in [0.2, 0.25) is 11.8 Å². The fourth-order valence-electron chi connectivity index (χ4n) is 3.78. The highest BCUT2D eigenvalue weighted by atomic mass is 16.3. The van der Waals surface area contributed by atoms with Gasteiger partial charge in [-0.3, -0.25) is 9.59 Å². The molecular weight excluding hydrogens is 292 g/mol. The molecule has 2 saturated heterocycles. The molecule has 3 heterocycles. The van der Waals surface area contributed by atoms with E-state index >= 15 is 0 Å². The highest BCUT2D eigenvalue weighted by Crippen LogP contribution is 2.37. The molecule has 1 aromatic heterocycles. The Hall–Kier alpha value is -2.30. The van der Waals surface area contributed by atoms with E-state index in [1.54, 1.807) is 6.26 Å². The first-order chi connectivity index (χ1) is 11.2. The van der Waals surface area contributed by atoms with E-state index in [-0.39, 0.29) is 17.2 Å². The third kappa shape index (κ3) is 2.60. The number of rotatable bonds is 2. The van der Waals surface area contributed by atoms with Crippen molar-refractivity contribution >= 4 is 22.8 Å². The number of carbonyl (C=O) groups is 2. The second-order valence-electron chi connectivity index (χ2n) is 6.77. The first-order valence-electron chi connectivity index (χ1n) is 8.15. The molecule has 0 radical (unpaired) electrons. The molecule has 5 nitrogen and oxygen atoms in total. The van der Waals surface area contributed by atoms with Crippen molar-refractivity contribution in [3.63, 3.8) is 0 Å². The topological polar surface area (TPSA) is 62.6 Å². The Morgan fingerprint density at radius 3 is 2.78 bits per heavy atom. The van der Waals surface area contributed by atoms with Crippen LogP contribution in [0.15, 0.2) is 34.9 Å². The van der Waals surface area contributed by atoms with Gasteiger partial charge in [0.15, 0.2) is 0 Å². The van der Waals surface area contributed by atoms with E-state index in [1.165, 1.54) is 0 Å². The van der Waals surface area contributed by atoms with Crippen LogP contribution in [0.25, 0.3) is 11.0 Å². The first kappa shape index (κ1) is 14.3. The Balaban J connectivity index is 1.41. The van der Waals surface area contributed by atoms with E-state index in [4.69, 9.17) is 4.42 Å². The minimum Gasteiger partial charge on any atom is -0.464 e. The van der Waals surface area contributed by atoms with Crippen molar-refractivity contribution in [3.8, 4) is 0 Å². The molecule has 0 saturated carbocycles. The van der Waals surface area contributed by atoms with Gasteiger partial charge in [-0.25, -0.2) is 0 Å². The fraction of sp³-hybridized carbons (Fsp3) is 0.444. The fourth-order valence-corrected chi connectivity index (χ4v) is 3.78. The van der Waals surface area contributed by atoms with E-state index in [0.29, 0.717) is 12.8 Å². The first-order valence-corrected chi connectivity index (χ1v) is 8.15. The Morgan fingerprint density at radius 2 is 2.04 bits per heavy atom. The SMILES string of the molecule is O=C1CC2(CCN(C(=O)Cc3coc4ccccc34)CC2)CN1. The molecule has 4 rings (SSSR count). The molecule has 2 fully saturated rings. The van der Waals surface area contributed by atoms with Crippen LogP contribution in [-0.2, 0) is 16.0 Å². The zero-order chi connectivity index (χ0) is 15.9. The predicted octanol–water partition coefficient (Wildman–Crippen LogP) is 2.10. The molecule has 0 bridgehead atoms. The van der Waals surface area contributed by atoms with Crippen molar-refractivity contribution in [1.29, 1.82) is 0 Å². The molecule has 1 spiro atoms. The van der Waals surface area contributed by atoms with Crippen LogP contribution in [0.5, 0.6) is 0 Å². The molecule has 0 atom stereocenters. The lowest BCUT2D eigenvalue weighted by Gasteiger charge is -2.38. The lowest BCUT2D eigenvalue weighted by Crippen LogP contribution is -2.44. The molecule has 0 aliphatic carbocycles. The number of hydrogen-bond donors (Lipinski definition) is 1. The zero-order valence-electron chi connectivity index (χ0n) is 13.0. The van der Waals surface area contributed by atoms with Crippen molar-refractivity contribution in [3.05, 3.63) is 36.1 Å². The molecule has 1 N–H and O–H groups in total. The van der Waals surface area contributed by atoms with Crippen LogP contribution in [0, 0.1) is 5.41 Å². The van der Waals surface area contributed by atoms with Gasteiger partial charge in [-0.2, -0.15) is 0 Å². The standard InChI is InChI=1S/C18H20N2O3/c21-16-10-18(12-19-16)5-7-20(8-6-18)17(22)9-13-11-23-15-4-2-1-3-14(13)15/h1-4,11H,5-10,12H2,(H,19,21). The minimum atomic E-state index is 0.0796. The number of amides is 2. The van der Waals surface area contributed by atoms with Crippen LogP contribution < -0.4 is 5.32 Å². The largest absolute Gasteiger partial charge is 0.464 e. The van der Waals surface area contributed by atoms with Crippen molar-refractivity contribution in [1.82, 2.24) is 10.2 Å². The number of likely N-dealkylation sites (tertiary alicyclic amines) is 1. The van der Waals surface area contributed by atoms with Crippen LogP contribution in [0.1, 0.15) is 24.8 Å². The van der Waals surface area contributed by atoms with Crippen molar-refractivity contribution in [2.24, 2.45) is 5.41 Å². The second-order valence-corrected chi connectivity index (χ2v) is 6.77. The summed E-state index contributed by atoms with van der Waals surface area (Å²) in [6.45, 7) is 2.24. The van der Waals surface area contributed by atoms with Crippen LogP contribution in [0.3, 0.4) is 0 Å². The molecule has 2 amide bonds. The number of para-hydroxylation sites is 1. The van der Waals surface area contributed by atoms with Gasteiger partial charge in [0.1, 0.15) is 5.58 Å². The Kier molecular flexibility index (Phi) is 3.36. The molecule has 23 heavy (non-hydrogen) atoms. The molecule has 2 aromatic rings. The third-order valence-electron chi connectivity index (χ3n) is 5.28.